The van der Waals surface area contributed by atoms with Gasteiger partial charge in [0.25, 0.3) is 0 Å². The second-order valence-corrected chi connectivity index (χ2v) is 16.0. The highest BCUT2D eigenvalue weighted by atomic mass is 32.1. The molecule has 2 aromatic carbocycles. The van der Waals surface area contributed by atoms with Gasteiger partial charge < -0.3 is 39.0 Å². The number of thiol groups is 1. The first kappa shape index (κ1) is 35.9. The molecule has 6 unspecified atom stereocenters. The summed E-state index contributed by atoms with van der Waals surface area (Å²) in [4.78, 5) is 28.1. The number of benzene rings is 2. The first-order valence-electron chi connectivity index (χ1n) is 18.1. The SMILES string of the molecule is C=C(C)C12OC3(c4ccccc4)OC1[C@@H]1[C@@H]4O[C@]4(CO)[C@@H](O)[C@]4(O)C(=O)C=C[C@@]4(C)C1(O3)C(C)[C@H]2OC(=O)CC(/C=C\c1ccccc1)CCCS. The van der Waals surface area contributed by atoms with Crippen LogP contribution in [0.15, 0.2) is 91.0 Å². The summed E-state index contributed by atoms with van der Waals surface area (Å²) in [6.07, 6.45) is 3.62. The molecule has 6 aliphatic rings. The van der Waals surface area contributed by atoms with Crippen LogP contribution in [0.3, 0.4) is 0 Å². The Hall–Kier alpha value is -3.13. The molecule has 10 nitrogen and oxygen atoms in total. The molecule has 2 saturated carbocycles. The zero-order chi connectivity index (χ0) is 36.9. The molecule has 8 rings (SSSR count). The van der Waals surface area contributed by atoms with E-state index in [0.717, 1.165) is 12.0 Å². The van der Waals surface area contributed by atoms with Crippen molar-refractivity contribution >= 4 is 30.5 Å². The fraction of sp³-hybridized carbons (Fsp3) is 0.512. The van der Waals surface area contributed by atoms with Crippen molar-refractivity contribution in [1.82, 2.24) is 0 Å². The molecule has 3 aliphatic heterocycles. The second kappa shape index (κ2) is 12.2. The van der Waals surface area contributed by atoms with Crippen LogP contribution in [0.4, 0.5) is 0 Å². The monoisotopic (exact) mass is 730 g/mol. The van der Waals surface area contributed by atoms with E-state index in [-0.39, 0.29) is 12.3 Å². The molecule has 3 N–H and O–H groups in total. The number of fused-ring (bicyclic) bond motifs is 3. The molecular weight excluding hydrogens is 685 g/mol. The lowest BCUT2D eigenvalue weighted by molar-refractivity contribution is -0.450. The standard InChI is InChI=1S/C41H46O10S/c1-24(2)38-32(47-30(44)22-27(14-11-21-52)18-17-26-12-7-5-8-13-26)25(3)40-31(34(38)49-41(50-38,51-40)28-15-9-6-10-16-28)33-37(23-42,48-33)35(45)39(46)29(43)19-20-36(39,40)4/h5-10,12-13,15-20,25,27,31-35,42,45-46,52H,1,11,14,21-23H2,2-4H3/b18-17-/t25?,27?,31-,32+,33-,34?,35+,36+,37-,38?,39+,40?,41?/m0/s1. The summed E-state index contributed by atoms with van der Waals surface area (Å²) in [6.45, 7) is 9.02. The van der Waals surface area contributed by atoms with Gasteiger partial charge in [-0.1, -0.05) is 92.4 Å². The molecule has 13 atom stereocenters. The van der Waals surface area contributed by atoms with Gasteiger partial charge in [0.2, 0.25) is 0 Å². The van der Waals surface area contributed by atoms with Gasteiger partial charge in [-0.05, 0) is 55.6 Å². The molecule has 0 spiro atoms. The fourth-order valence-electron chi connectivity index (χ4n) is 10.4. The van der Waals surface area contributed by atoms with Crippen molar-refractivity contribution in [2.45, 2.75) is 92.8 Å². The van der Waals surface area contributed by atoms with E-state index in [1.165, 1.54) is 6.08 Å². The van der Waals surface area contributed by atoms with E-state index in [9.17, 15) is 24.9 Å². The number of allylic oxidation sites excluding steroid dienone is 1. The molecule has 52 heavy (non-hydrogen) atoms. The Morgan fingerprint density at radius 3 is 2.42 bits per heavy atom. The van der Waals surface area contributed by atoms with Crippen molar-refractivity contribution in [3.63, 3.8) is 0 Å². The number of esters is 1. The predicted molar refractivity (Wildman–Crippen MR) is 193 cm³/mol. The quantitative estimate of drug-likeness (QED) is 0.115. The van der Waals surface area contributed by atoms with Crippen LogP contribution in [0.1, 0.15) is 51.2 Å². The maximum absolute atomic E-state index is 14.3. The number of ketones is 1. The van der Waals surface area contributed by atoms with Crippen molar-refractivity contribution in [3.8, 4) is 0 Å². The Kier molecular flexibility index (Phi) is 8.41. The van der Waals surface area contributed by atoms with E-state index in [4.69, 9.17) is 23.7 Å². The first-order valence-corrected chi connectivity index (χ1v) is 18.7. The van der Waals surface area contributed by atoms with Gasteiger partial charge in [-0.25, -0.2) is 0 Å². The molecular formula is C41H46O10S. The third-order valence-corrected chi connectivity index (χ3v) is 13.3. The lowest BCUT2D eigenvalue weighted by Crippen LogP contribution is -2.79. The van der Waals surface area contributed by atoms with Crippen LogP contribution in [0.25, 0.3) is 6.08 Å². The Morgan fingerprint density at radius 2 is 1.77 bits per heavy atom. The minimum atomic E-state index is -2.49. The van der Waals surface area contributed by atoms with E-state index in [1.807, 2.05) is 67.6 Å². The highest BCUT2D eigenvalue weighted by Gasteiger charge is 2.93. The minimum absolute atomic E-state index is 0.0664. The second-order valence-electron chi connectivity index (χ2n) is 15.6. The van der Waals surface area contributed by atoms with Gasteiger partial charge in [-0.2, -0.15) is 12.6 Å². The van der Waals surface area contributed by atoms with E-state index in [0.29, 0.717) is 23.3 Å². The molecule has 3 aliphatic carbocycles. The number of rotatable bonds is 11. The van der Waals surface area contributed by atoms with Gasteiger partial charge in [-0.15, -0.1) is 0 Å². The van der Waals surface area contributed by atoms with Crippen molar-refractivity contribution in [1.29, 1.82) is 0 Å². The van der Waals surface area contributed by atoms with Crippen molar-refractivity contribution in [3.05, 3.63) is 102 Å². The molecule has 3 saturated heterocycles. The highest BCUT2D eigenvalue weighted by molar-refractivity contribution is 7.80. The topological polar surface area (TPSA) is 144 Å². The summed E-state index contributed by atoms with van der Waals surface area (Å²) in [7, 11) is 0. The number of epoxide rings is 1. The highest BCUT2D eigenvalue weighted by Crippen LogP contribution is 2.76. The summed E-state index contributed by atoms with van der Waals surface area (Å²) in [5.41, 5.74) is -6.92. The van der Waals surface area contributed by atoms with Gasteiger partial charge in [0.1, 0.15) is 35.6 Å². The Morgan fingerprint density at radius 1 is 1.08 bits per heavy atom. The molecule has 3 heterocycles. The average Bonchev–Trinajstić information content (AvgIpc) is 3.77. The number of hydrogen-bond acceptors (Lipinski definition) is 11. The average molecular weight is 731 g/mol. The van der Waals surface area contributed by atoms with Gasteiger partial charge in [0.15, 0.2) is 17.0 Å². The number of carbonyl (C=O) groups excluding carboxylic acids is 2. The van der Waals surface area contributed by atoms with Crippen molar-refractivity contribution < 1.29 is 48.6 Å². The lowest BCUT2D eigenvalue weighted by Gasteiger charge is -2.64. The minimum Gasteiger partial charge on any atom is -0.458 e. The Labute approximate surface area is 308 Å². The molecule has 0 amide bonds. The number of aliphatic hydroxyl groups is 3. The zero-order valence-electron chi connectivity index (χ0n) is 29.5. The third-order valence-electron chi connectivity index (χ3n) is 13.0. The molecule has 2 aromatic rings. The lowest BCUT2D eigenvalue weighted by atomic mass is 9.48. The zero-order valence-corrected chi connectivity index (χ0v) is 30.4. The Balaban J connectivity index is 1.27. The van der Waals surface area contributed by atoms with Crippen LogP contribution in [0.5, 0.6) is 0 Å². The van der Waals surface area contributed by atoms with E-state index >= 15 is 0 Å². The van der Waals surface area contributed by atoms with Crippen LogP contribution >= 0.6 is 12.6 Å². The summed E-state index contributed by atoms with van der Waals surface area (Å²) in [6, 6.07) is 18.9. The third kappa shape index (κ3) is 4.45. The van der Waals surface area contributed by atoms with Crippen LogP contribution in [-0.2, 0) is 39.2 Å². The number of carbonyl (C=O) groups is 2. The summed E-state index contributed by atoms with van der Waals surface area (Å²) >= 11 is 4.41. The van der Waals surface area contributed by atoms with Gasteiger partial charge >= 0.3 is 11.9 Å². The molecule has 0 aromatic heterocycles. The van der Waals surface area contributed by atoms with E-state index in [2.05, 4.69) is 19.2 Å². The molecule has 0 radical (unpaired) electrons. The van der Waals surface area contributed by atoms with Gasteiger partial charge in [-0.3, -0.25) is 9.59 Å². The number of hydrogen-bond donors (Lipinski definition) is 4. The predicted octanol–water partition coefficient (Wildman–Crippen LogP) is 4.28. The van der Waals surface area contributed by atoms with Crippen molar-refractivity contribution in [2.24, 2.45) is 23.2 Å². The van der Waals surface area contributed by atoms with Gasteiger partial charge in [0, 0.05) is 17.4 Å². The fourth-order valence-corrected chi connectivity index (χ4v) is 10.6. The summed E-state index contributed by atoms with van der Waals surface area (Å²) in [5.74, 6) is -4.24. The molecule has 11 heteroatoms. The van der Waals surface area contributed by atoms with Crippen LogP contribution in [-0.4, -0.2) is 86.3 Å². The maximum atomic E-state index is 14.3. The van der Waals surface area contributed by atoms with E-state index < -0.39 is 88.4 Å². The molecule has 5 fully saturated rings. The number of aliphatic hydroxyl groups excluding tert-OH is 2. The molecule has 3 bridgehead atoms. The van der Waals surface area contributed by atoms with Crippen LogP contribution < -0.4 is 0 Å². The Bertz CT molecular complexity index is 1830. The van der Waals surface area contributed by atoms with Gasteiger partial charge in [0.05, 0.1) is 18.4 Å². The normalized spacial score (nSPS) is 44.2. The van der Waals surface area contributed by atoms with E-state index in [1.54, 1.807) is 32.1 Å². The first-order chi connectivity index (χ1) is 24.8. The smallest absolute Gasteiger partial charge is 0.314 e. The van der Waals surface area contributed by atoms with Crippen molar-refractivity contribution in [2.75, 3.05) is 12.4 Å². The number of ether oxygens (including phenoxy) is 5. The largest absolute Gasteiger partial charge is 0.458 e. The molecule has 276 valence electrons. The maximum Gasteiger partial charge on any atom is 0.314 e. The van der Waals surface area contributed by atoms with Crippen LogP contribution in [0, 0.1) is 23.2 Å². The summed E-state index contributed by atoms with van der Waals surface area (Å²) < 4.78 is 34.1. The summed E-state index contributed by atoms with van der Waals surface area (Å²) in [5, 5.41) is 35.4. The van der Waals surface area contributed by atoms with Crippen LogP contribution in [0.2, 0.25) is 0 Å².